The van der Waals surface area contributed by atoms with Crippen molar-refractivity contribution < 1.29 is 34.6 Å². The van der Waals surface area contributed by atoms with Gasteiger partial charge in [0.25, 0.3) is 0 Å². The highest BCUT2D eigenvalue weighted by atomic mass is 32.3. The number of halogens is 3. The molecule has 0 aliphatic carbocycles. The number of nitriles is 1. The molecule has 0 saturated heterocycles. The highest BCUT2D eigenvalue weighted by molar-refractivity contribution is 8.05. The van der Waals surface area contributed by atoms with Crippen molar-refractivity contribution in [3.63, 3.8) is 0 Å². The third-order valence-corrected chi connectivity index (χ3v) is 5.38. The van der Waals surface area contributed by atoms with Crippen molar-refractivity contribution >= 4 is 20.0 Å². The van der Waals surface area contributed by atoms with E-state index in [1.807, 2.05) is 6.07 Å². The van der Waals surface area contributed by atoms with Crippen molar-refractivity contribution in [1.82, 2.24) is 8.69 Å². The molecule has 1 rings (SSSR count). The van der Waals surface area contributed by atoms with Crippen LogP contribution in [0.4, 0.5) is 13.2 Å². The second-order valence-electron chi connectivity index (χ2n) is 3.83. The maximum atomic E-state index is 12.1. The third kappa shape index (κ3) is 4.99. The second kappa shape index (κ2) is 6.00. The Kier molecular flexibility index (Phi) is 4.97. The van der Waals surface area contributed by atoms with Gasteiger partial charge >= 0.3 is 15.5 Å². The number of hydrogen-bond donors (Lipinski definition) is 1. The molecule has 0 unspecified atom stereocenters. The molecule has 13 heteroatoms. The molecule has 0 amide bonds. The fourth-order valence-electron chi connectivity index (χ4n) is 1.23. The maximum Gasteiger partial charge on any atom is 0.512 e. The highest BCUT2D eigenvalue weighted by Crippen LogP contribution is 2.22. The lowest BCUT2D eigenvalue weighted by Crippen LogP contribution is -2.44. The number of hydrogen-bond acceptors (Lipinski definition) is 5. The van der Waals surface area contributed by atoms with E-state index < -0.39 is 31.3 Å². The van der Waals surface area contributed by atoms with Crippen LogP contribution in [-0.2, 0) is 33.1 Å². The fraction of sp³-hybridized carbons (Fsp3) is 0.500. The topological polar surface area (TPSA) is 113 Å². The molecular weight excluding hydrogens is 337 g/mol. The normalized spacial score (nSPS) is 13.0. The molecule has 1 heterocycles. The zero-order valence-corrected chi connectivity index (χ0v) is 11.9. The van der Waals surface area contributed by atoms with E-state index in [-0.39, 0.29) is 13.1 Å². The summed E-state index contributed by atoms with van der Waals surface area (Å²) in [6, 6.07) is 1.83. The molecule has 1 N–H and O–H groups in total. The fourth-order valence-corrected chi connectivity index (χ4v) is 3.73. The van der Waals surface area contributed by atoms with E-state index in [1.54, 1.807) is 0 Å². The van der Waals surface area contributed by atoms with Crippen LogP contribution >= 0.6 is 0 Å². The predicted molar refractivity (Wildman–Crippen MR) is 62.1 cm³/mol. The average molecular weight is 347 g/mol. The first-order chi connectivity index (χ1) is 9.47. The van der Waals surface area contributed by atoms with Gasteiger partial charge in [0, 0.05) is 0 Å². The van der Waals surface area contributed by atoms with E-state index in [1.165, 1.54) is 27.9 Å². The predicted octanol–water partition coefficient (Wildman–Crippen LogP) is -0.932. The van der Waals surface area contributed by atoms with Gasteiger partial charge < -0.3 is 0 Å². The molecule has 0 bridgehead atoms. The minimum atomic E-state index is -5.96. The van der Waals surface area contributed by atoms with Gasteiger partial charge in [-0.15, -0.1) is 4.13 Å². The number of alkyl halides is 3. The van der Waals surface area contributed by atoms with Crippen molar-refractivity contribution in [2.24, 2.45) is 0 Å². The minimum absolute atomic E-state index is 0.0143. The number of aryl methyl sites for hydroxylation is 1. The minimum Gasteiger partial charge on any atom is -0.236 e. The van der Waals surface area contributed by atoms with Gasteiger partial charge in [0.1, 0.15) is 30.8 Å². The molecule has 0 aromatic carbocycles. The maximum absolute atomic E-state index is 12.1. The lowest BCUT2D eigenvalue weighted by atomic mass is 10.7. The van der Waals surface area contributed by atoms with Gasteiger partial charge in [0.2, 0.25) is 16.4 Å². The van der Waals surface area contributed by atoms with Gasteiger partial charge in [0.05, 0.1) is 0 Å². The Morgan fingerprint density at radius 2 is 1.90 bits per heavy atom. The van der Waals surface area contributed by atoms with Crippen LogP contribution in [0.2, 0.25) is 0 Å². The van der Waals surface area contributed by atoms with Crippen LogP contribution in [0.25, 0.3) is 0 Å². The lowest BCUT2D eigenvalue weighted by molar-refractivity contribution is -0.692. The lowest BCUT2D eigenvalue weighted by Gasteiger charge is -2.09. The summed E-state index contributed by atoms with van der Waals surface area (Å²) in [6.07, 6.45) is 4.21. The smallest absolute Gasteiger partial charge is 0.236 e. The van der Waals surface area contributed by atoms with Crippen LogP contribution in [0, 0.1) is 11.3 Å². The summed E-state index contributed by atoms with van der Waals surface area (Å²) in [5.41, 5.74) is -5.71. The number of rotatable bonds is 6. The van der Waals surface area contributed by atoms with Crippen LogP contribution in [0.3, 0.4) is 0 Å². The molecule has 0 saturated carbocycles. The van der Waals surface area contributed by atoms with E-state index >= 15 is 0 Å². The van der Waals surface area contributed by atoms with Crippen molar-refractivity contribution in [3.05, 3.63) is 18.7 Å². The summed E-state index contributed by atoms with van der Waals surface area (Å²) in [4.78, 5) is 0. The van der Waals surface area contributed by atoms with E-state index in [4.69, 9.17) is 5.26 Å². The Hall–Kier alpha value is -1.65. The molecule has 0 spiro atoms. The summed E-state index contributed by atoms with van der Waals surface area (Å²) in [6.45, 7) is -0.262. The number of nitrogens with one attached hydrogen (secondary N) is 1. The summed E-state index contributed by atoms with van der Waals surface area (Å²) in [5, 5.41) is 8.43. The molecule has 0 atom stereocenters. The molecule has 0 aliphatic heterocycles. The first-order valence-corrected chi connectivity index (χ1v) is 8.35. The molecule has 21 heavy (non-hydrogen) atoms. The van der Waals surface area contributed by atoms with Crippen LogP contribution in [0.1, 0.15) is 0 Å². The summed E-state index contributed by atoms with van der Waals surface area (Å²) < 4.78 is 83.6. The van der Waals surface area contributed by atoms with Crippen molar-refractivity contribution in [1.29, 1.82) is 5.26 Å². The third-order valence-electron chi connectivity index (χ3n) is 2.16. The van der Waals surface area contributed by atoms with E-state index in [0.29, 0.717) is 4.13 Å². The van der Waals surface area contributed by atoms with Crippen LogP contribution in [0.15, 0.2) is 18.7 Å². The monoisotopic (exact) mass is 347 g/mol. The zero-order valence-electron chi connectivity index (χ0n) is 10.3. The van der Waals surface area contributed by atoms with Gasteiger partial charge in [-0.1, -0.05) is 0 Å². The number of nitrogens with zero attached hydrogens (tertiary/aromatic N) is 3. The summed E-state index contributed by atoms with van der Waals surface area (Å²) in [7, 11) is -10.6. The van der Waals surface area contributed by atoms with Crippen molar-refractivity contribution in [3.8, 4) is 6.07 Å². The van der Waals surface area contributed by atoms with Gasteiger partial charge in [-0.2, -0.15) is 18.4 Å². The SMILES string of the molecule is N#CCn1cc[n+](CCS(=O)(=O)NS(=O)(=O)C(F)(F)F)c1. The molecule has 118 valence electrons. The van der Waals surface area contributed by atoms with E-state index in [2.05, 4.69) is 0 Å². The van der Waals surface area contributed by atoms with Crippen LogP contribution < -0.4 is 8.69 Å². The molecular formula is C8H10F3N4O4S2+. The molecule has 0 fully saturated rings. The number of sulfonamides is 2. The quantitative estimate of drug-likeness (QED) is 0.668. The number of imidazole rings is 1. The standard InChI is InChI=1S/C8H10F3N4O4S2/c9-8(10,11)21(18,19)13-20(16,17)6-5-15-4-3-14(7-15)2-1-12/h3-4,7,13H,2,5-6H2/q+1. The van der Waals surface area contributed by atoms with Crippen LogP contribution in [-0.4, -0.2) is 32.7 Å². The van der Waals surface area contributed by atoms with Crippen molar-refractivity contribution in [2.75, 3.05) is 5.75 Å². The molecule has 1 aromatic rings. The van der Waals surface area contributed by atoms with Gasteiger partial charge in [-0.3, -0.25) is 0 Å². The molecule has 8 nitrogen and oxygen atoms in total. The van der Waals surface area contributed by atoms with Gasteiger partial charge in [0.15, 0.2) is 6.54 Å². The summed E-state index contributed by atoms with van der Waals surface area (Å²) in [5.74, 6) is -0.871. The second-order valence-corrected chi connectivity index (χ2v) is 7.61. The molecule has 1 aromatic heterocycles. The first kappa shape index (κ1) is 17.4. The molecule has 0 aliphatic rings. The Morgan fingerprint density at radius 3 is 2.43 bits per heavy atom. The molecule has 0 radical (unpaired) electrons. The van der Waals surface area contributed by atoms with Crippen LogP contribution in [0.5, 0.6) is 0 Å². The van der Waals surface area contributed by atoms with Crippen molar-refractivity contribution in [2.45, 2.75) is 18.6 Å². The first-order valence-electron chi connectivity index (χ1n) is 5.21. The summed E-state index contributed by atoms with van der Waals surface area (Å²) >= 11 is 0. The Balaban J connectivity index is 2.72. The Labute approximate surface area is 118 Å². The van der Waals surface area contributed by atoms with E-state index in [0.717, 1.165) is 0 Å². The van der Waals surface area contributed by atoms with Gasteiger partial charge in [-0.25, -0.2) is 26.0 Å². The van der Waals surface area contributed by atoms with E-state index in [9.17, 15) is 30.0 Å². The van der Waals surface area contributed by atoms with Gasteiger partial charge in [-0.05, 0) is 0 Å². The Bertz CT molecular complexity index is 745. The average Bonchev–Trinajstić information content (AvgIpc) is 2.72. The highest BCUT2D eigenvalue weighted by Gasteiger charge is 2.48. The Morgan fingerprint density at radius 1 is 1.29 bits per heavy atom. The largest absolute Gasteiger partial charge is 0.512 e. The zero-order chi connectivity index (χ0) is 16.3. The number of aromatic nitrogens is 2.